The number of hydrogen-bond acceptors (Lipinski definition) is 4. The number of benzene rings is 3. The Hall–Kier alpha value is -3.22. The van der Waals surface area contributed by atoms with Crippen molar-refractivity contribution in [3.63, 3.8) is 0 Å². The first-order valence-electron chi connectivity index (χ1n) is 10.4. The molecule has 31 heavy (non-hydrogen) atoms. The number of anilines is 2. The largest absolute Gasteiger partial charge is 0.378 e. The number of hydrogen-bond donors (Lipinski definition) is 2. The van der Waals surface area contributed by atoms with Crippen molar-refractivity contribution in [1.29, 1.82) is 0 Å². The van der Waals surface area contributed by atoms with Crippen molar-refractivity contribution < 1.29 is 9.53 Å². The Kier molecular flexibility index (Phi) is 6.92. The number of rotatable bonds is 5. The molecule has 0 unspecified atom stereocenters. The molecule has 2 N–H and O–H groups in total. The van der Waals surface area contributed by atoms with Crippen LogP contribution in [-0.2, 0) is 9.53 Å². The molecule has 0 atom stereocenters. The molecule has 1 fully saturated rings. The Balaban J connectivity index is 1.42. The van der Waals surface area contributed by atoms with E-state index in [-0.39, 0.29) is 11.0 Å². The molecule has 4 rings (SSSR count). The van der Waals surface area contributed by atoms with E-state index in [1.807, 2.05) is 72.8 Å². The molecule has 1 saturated heterocycles. The van der Waals surface area contributed by atoms with Crippen molar-refractivity contribution in [2.45, 2.75) is 5.92 Å². The van der Waals surface area contributed by atoms with Gasteiger partial charge in [0.1, 0.15) is 0 Å². The third-order valence-electron chi connectivity index (χ3n) is 5.27. The van der Waals surface area contributed by atoms with Gasteiger partial charge in [-0.15, -0.1) is 0 Å². The molecule has 1 amide bonds. The summed E-state index contributed by atoms with van der Waals surface area (Å²) in [5.41, 5.74) is 3.82. The number of amides is 1. The first-order valence-corrected chi connectivity index (χ1v) is 10.8. The fourth-order valence-electron chi connectivity index (χ4n) is 3.71. The summed E-state index contributed by atoms with van der Waals surface area (Å²) in [6.45, 7) is 3.28. The molecule has 0 aliphatic carbocycles. The number of ether oxygens (including phenoxy) is 1. The zero-order chi connectivity index (χ0) is 21.5. The number of carbonyl (C=O) groups excluding carboxylic acids is 1. The Morgan fingerprint density at radius 3 is 1.94 bits per heavy atom. The molecule has 3 aromatic rings. The van der Waals surface area contributed by atoms with Gasteiger partial charge in [-0.2, -0.15) is 0 Å². The second-order valence-corrected chi connectivity index (χ2v) is 7.75. The Morgan fingerprint density at radius 1 is 0.839 bits per heavy atom. The van der Waals surface area contributed by atoms with Crippen LogP contribution >= 0.6 is 12.2 Å². The summed E-state index contributed by atoms with van der Waals surface area (Å²) in [7, 11) is 0. The molecule has 0 aromatic heterocycles. The van der Waals surface area contributed by atoms with Crippen molar-refractivity contribution in [1.82, 2.24) is 5.32 Å². The molecule has 6 heteroatoms. The van der Waals surface area contributed by atoms with E-state index in [9.17, 15) is 4.79 Å². The van der Waals surface area contributed by atoms with Gasteiger partial charge in [-0.3, -0.25) is 4.79 Å². The molecule has 1 aliphatic heterocycles. The lowest BCUT2D eigenvalue weighted by molar-refractivity contribution is -0.120. The molecule has 0 radical (unpaired) electrons. The molecule has 3 aromatic carbocycles. The first-order chi connectivity index (χ1) is 15.2. The maximum absolute atomic E-state index is 13.1. The van der Waals surface area contributed by atoms with Crippen molar-refractivity contribution in [3.05, 3.63) is 96.1 Å². The highest BCUT2D eigenvalue weighted by Crippen LogP contribution is 2.25. The molecule has 1 aliphatic rings. The van der Waals surface area contributed by atoms with Crippen LogP contribution in [0, 0.1) is 0 Å². The molecule has 158 valence electrons. The predicted molar refractivity (Wildman–Crippen MR) is 129 cm³/mol. The Labute approximate surface area is 188 Å². The van der Waals surface area contributed by atoms with E-state index in [4.69, 9.17) is 17.0 Å². The number of carbonyl (C=O) groups is 1. The Bertz CT molecular complexity index is 964. The maximum Gasteiger partial charge on any atom is 0.238 e. The van der Waals surface area contributed by atoms with Gasteiger partial charge < -0.3 is 20.3 Å². The normalized spacial score (nSPS) is 13.6. The van der Waals surface area contributed by atoms with E-state index in [2.05, 4.69) is 27.7 Å². The van der Waals surface area contributed by atoms with Gasteiger partial charge in [-0.25, -0.2) is 0 Å². The Morgan fingerprint density at radius 2 is 1.39 bits per heavy atom. The standard InChI is InChI=1S/C25H25N3O2S/c29-24(23(19-7-3-1-4-8-19)20-9-5-2-6-10-20)27-25(31)26-21-11-13-22(14-12-21)28-15-17-30-18-16-28/h1-14,23H,15-18H2,(H2,26,27,29,31). The SMILES string of the molecule is O=C(NC(=S)Nc1ccc(N2CCOCC2)cc1)C(c1ccccc1)c1ccccc1. The summed E-state index contributed by atoms with van der Waals surface area (Å²) in [5.74, 6) is -0.606. The summed E-state index contributed by atoms with van der Waals surface area (Å²) in [5, 5.41) is 6.25. The minimum absolute atomic E-state index is 0.167. The summed E-state index contributed by atoms with van der Waals surface area (Å²) < 4.78 is 5.41. The molecular formula is C25H25N3O2S. The molecule has 0 bridgehead atoms. The van der Waals surface area contributed by atoms with Gasteiger partial charge in [-0.1, -0.05) is 60.7 Å². The van der Waals surface area contributed by atoms with Crippen LogP contribution < -0.4 is 15.5 Å². The topological polar surface area (TPSA) is 53.6 Å². The van der Waals surface area contributed by atoms with E-state index in [0.29, 0.717) is 0 Å². The van der Waals surface area contributed by atoms with Crippen LogP contribution in [0.2, 0.25) is 0 Å². The summed E-state index contributed by atoms with van der Waals surface area (Å²) >= 11 is 5.42. The van der Waals surface area contributed by atoms with Crippen molar-refractivity contribution in [3.8, 4) is 0 Å². The fourth-order valence-corrected chi connectivity index (χ4v) is 3.93. The van der Waals surface area contributed by atoms with Crippen LogP contribution in [-0.4, -0.2) is 37.3 Å². The lowest BCUT2D eigenvalue weighted by Crippen LogP contribution is -2.38. The third kappa shape index (κ3) is 5.48. The van der Waals surface area contributed by atoms with Crippen LogP contribution in [0.15, 0.2) is 84.9 Å². The lowest BCUT2D eigenvalue weighted by Gasteiger charge is -2.29. The molecule has 0 saturated carbocycles. The van der Waals surface area contributed by atoms with Gasteiger partial charge in [0.05, 0.1) is 19.1 Å². The summed E-state index contributed by atoms with van der Waals surface area (Å²) in [6, 6.07) is 27.5. The van der Waals surface area contributed by atoms with Gasteiger partial charge in [0.15, 0.2) is 5.11 Å². The quantitative estimate of drug-likeness (QED) is 0.594. The average molecular weight is 432 g/mol. The first kappa shape index (κ1) is 21.0. The maximum atomic E-state index is 13.1. The zero-order valence-electron chi connectivity index (χ0n) is 17.2. The number of thiocarbonyl (C=S) groups is 1. The zero-order valence-corrected chi connectivity index (χ0v) is 18.0. The average Bonchev–Trinajstić information content (AvgIpc) is 2.82. The smallest absolute Gasteiger partial charge is 0.238 e. The van der Waals surface area contributed by atoms with Gasteiger partial charge in [-0.05, 0) is 47.6 Å². The van der Waals surface area contributed by atoms with Crippen LogP contribution in [0.25, 0.3) is 0 Å². The van der Waals surface area contributed by atoms with Gasteiger partial charge >= 0.3 is 0 Å². The van der Waals surface area contributed by atoms with E-state index >= 15 is 0 Å². The summed E-state index contributed by atoms with van der Waals surface area (Å²) in [6.07, 6.45) is 0. The van der Waals surface area contributed by atoms with Crippen LogP contribution in [0.3, 0.4) is 0 Å². The van der Waals surface area contributed by atoms with Crippen molar-refractivity contribution in [2.75, 3.05) is 36.5 Å². The second-order valence-electron chi connectivity index (χ2n) is 7.34. The van der Waals surface area contributed by atoms with Crippen molar-refractivity contribution in [2.24, 2.45) is 0 Å². The van der Waals surface area contributed by atoms with E-state index in [1.165, 1.54) is 0 Å². The second kappa shape index (κ2) is 10.2. The molecular weight excluding hydrogens is 406 g/mol. The number of nitrogens with one attached hydrogen (secondary N) is 2. The molecule has 5 nitrogen and oxygen atoms in total. The van der Waals surface area contributed by atoms with Crippen LogP contribution in [0.1, 0.15) is 17.0 Å². The lowest BCUT2D eigenvalue weighted by atomic mass is 9.90. The highest BCUT2D eigenvalue weighted by molar-refractivity contribution is 7.80. The van der Waals surface area contributed by atoms with Crippen LogP contribution in [0.4, 0.5) is 11.4 Å². The number of nitrogens with zero attached hydrogens (tertiary/aromatic N) is 1. The molecule has 1 heterocycles. The highest BCUT2D eigenvalue weighted by atomic mass is 32.1. The third-order valence-corrected chi connectivity index (χ3v) is 5.47. The fraction of sp³-hybridized carbons (Fsp3) is 0.200. The minimum Gasteiger partial charge on any atom is -0.378 e. The monoisotopic (exact) mass is 431 g/mol. The number of morpholine rings is 1. The van der Waals surface area contributed by atoms with Gasteiger partial charge in [0.25, 0.3) is 0 Å². The summed E-state index contributed by atoms with van der Waals surface area (Å²) in [4.78, 5) is 15.4. The van der Waals surface area contributed by atoms with E-state index in [1.54, 1.807) is 0 Å². The van der Waals surface area contributed by atoms with Crippen molar-refractivity contribution >= 4 is 34.6 Å². The van der Waals surface area contributed by atoms with Gasteiger partial charge in [0, 0.05) is 24.5 Å². The van der Waals surface area contributed by atoms with Crippen LogP contribution in [0.5, 0.6) is 0 Å². The molecule has 0 spiro atoms. The van der Waals surface area contributed by atoms with E-state index in [0.717, 1.165) is 48.8 Å². The predicted octanol–water partition coefficient (Wildman–Crippen LogP) is 4.17. The van der Waals surface area contributed by atoms with Gasteiger partial charge in [0.2, 0.25) is 5.91 Å². The minimum atomic E-state index is -0.439. The highest BCUT2D eigenvalue weighted by Gasteiger charge is 2.23. The van der Waals surface area contributed by atoms with E-state index < -0.39 is 5.92 Å².